The van der Waals surface area contributed by atoms with Gasteiger partial charge in [-0.25, -0.2) is 8.42 Å². The van der Waals surface area contributed by atoms with E-state index in [0.29, 0.717) is 0 Å². The van der Waals surface area contributed by atoms with Gasteiger partial charge in [0.15, 0.2) is 9.84 Å². The van der Waals surface area contributed by atoms with Gasteiger partial charge in [0.1, 0.15) is 0 Å². The highest BCUT2D eigenvalue weighted by Crippen LogP contribution is 2.18. The first-order valence-corrected chi connectivity index (χ1v) is 9.84. The molecule has 0 aliphatic carbocycles. The average molecular weight is 311 g/mol. The highest BCUT2D eigenvalue weighted by molar-refractivity contribution is 7.92. The summed E-state index contributed by atoms with van der Waals surface area (Å²) in [5, 5.41) is 0. The summed E-state index contributed by atoms with van der Waals surface area (Å²) in [5.41, 5.74) is 0. The third-order valence-corrected chi connectivity index (χ3v) is 6.47. The number of rotatable bonds is 10. The molecular weight excluding hydrogens is 284 g/mol. The molecule has 4 nitrogen and oxygen atoms in total. The van der Waals surface area contributed by atoms with Crippen molar-refractivity contribution in [1.82, 2.24) is 0 Å². The largest absolute Gasteiger partial charge is 0.772 e. The molecule has 0 saturated carbocycles. The Kier molecular flexibility index (Phi) is 9.11. The first-order chi connectivity index (χ1) is 8.67. The molecule has 19 heavy (non-hydrogen) atoms. The van der Waals surface area contributed by atoms with Crippen LogP contribution in [0.2, 0.25) is 0 Å². The molecular formula is C13H27O4S2-. The van der Waals surface area contributed by atoms with E-state index in [4.69, 9.17) is 0 Å². The number of unbranched alkanes of at least 4 members (excludes halogenated alkanes) is 6. The van der Waals surface area contributed by atoms with Crippen LogP contribution in [0.5, 0.6) is 0 Å². The third-order valence-electron chi connectivity index (χ3n) is 3.16. The van der Waals surface area contributed by atoms with Crippen molar-refractivity contribution in [1.29, 1.82) is 0 Å². The van der Waals surface area contributed by atoms with Gasteiger partial charge in [0.2, 0.25) is 0 Å². The molecule has 0 amide bonds. The molecule has 116 valence electrons. The third kappa shape index (κ3) is 9.57. The van der Waals surface area contributed by atoms with Gasteiger partial charge in [0, 0.05) is 5.75 Å². The zero-order valence-corrected chi connectivity index (χ0v) is 13.9. The summed E-state index contributed by atoms with van der Waals surface area (Å²) in [6, 6.07) is 0. The normalized spacial score (nSPS) is 14.5. The zero-order chi connectivity index (χ0) is 14.9. The highest BCUT2D eigenvalue weighted by Gasteiger charge is 2.27. The number of hydrogen-bond donors (Lipinski definition) is 0. The van der Waals surface area contributed by atoms with Crippen LogP contribution < -0.4 is 0 Å². The predicted octanol–water partition coefficient (Wildman–Crippen LogP) is 2.81. The van der Waals surface area contributed by atoms with Crippen LogP contribution >= 0.6 is 0 Å². The van der Waals surface area contributed by atoms with Crippen LogP contribution in [0.15, 0.2) is 0 Å². The molecule has 0 heterocycles. The van der Waals surface area contributed by atoms with Crippen molar-refractivity contribution in [3.05, 3.63) is 0 Å². The van der Waals surface area contributed by atoms with Gasteiger partial charge >= 0.3 is 0 Å². The summed E-state index contributed by atoms with van der Waals surface area (Å²) >= 11 is -1.91. The lowest BCUT2D eigenvalue weighted by molar-refractivity contribution is 0.530. The first-order valence-electron chi connectivity index (χ1n) is 6.95. The summed E-state index contributed by atoms with van der Waals surface area (Å²) in [7, 11) is -2.98. The molecule has 1 unspecified atom stereocenters. The summed E-state index contributed by atoms with van der Waals surface area (Å²) < 4.78 is 43.6. The van der Waals surface area contributed by atoms with E-state index in [9.17, 15) is 17.2 Å². The lowest BCUT2D eigenvalue weighted by atomic mass is 10.1. The van der Waals surface area contributed by atoms with E-state index >= 15 is 0 Å². The molecule has 0 N–H and O–H groups in total. The van der Waals surface area contributed by atoms with E-state index in [1.165, 1.54) is 0 Å². The van der Waals surface area contributed by atoms with Gasteiger partial charge in [-0.15, -0.1) is 0 Å². The molecule has 0 rings (SSSR count). The zero-order valence-electron chi connectivity index (χ0n) is 12.3. The molecule has 0 fully saturated rings. The number of sulfone groups is 1. The van der Waals surface area contributed by atoms with Crippen LogP contribution in [-0.4, -0.2) is 33.4 Å². The minimum absolute atomic E-state index is 0.254. The fraction of sp³-hybridized carbons (Fsp3) is 1.00. The molecule has 0 aromatic carbocycles. The second kappa shape index (κ2) is 9.08. The number of hydrogen-bond acceptors (Lipinski definition) is 4. The Hall–Kier alpha value is 0.0600. The quantitative estimate of drug-likeness (QED) is 0.459. The van der Waals surface area contributed by atoms with Crippen molar-refractivity contribution < 1.29 is 17.2 Å². The molecule has 0 aromatic heterocycles. The maximum atomic E-state index is 11.8. The minimum atomic E-state index is -2.98. The maximum absolute atomic E-state index is 11.8. The van der Waals surface area contributed by atoms with Crippen LogP contribution in [0, 0.1) is 0 Å². The molecule has 0 aromatic rings. The Labute approximate surface area is 120 Å². The Morgan fingerprint density at radius 1 is 0.895 bits per heavy atom. The van der Waals surface area contributed by atoms with Gasteiger partial charge in [-0.1, -0.05) is 43.2 Å². The standard InChI is InChI=1S/C13H28O4S2/c1-13(2,3)19(16,17)12-10-8-6-4-5-7-9-11-18(14)15/h4-12H2,1-3H3,(H,14,15)/p-1. The van der Waals surface area contributed by atoms with E-state index < -0.39 is 25.7 Å². The predicted molar refractivity (Wildman–Crippen MR) is 79.6 cm³/mol. The van der Waals surface area contributed by atoms with Crippen molar-refractivity contribution in [2.24, 2.45) is 0 Å². The van der Waals surface area contributed by atoms with Crippen LogP contribution in [0.1, 0.15) is 65.7 Å². The average Bonchev–Trinajstić information content (AvgIpc) is 2.24. The summed E-state index contributed by atoms with van der Waals surface area (Å²) in [6.45, 7) is 5.22. The van der Waals surface area contributed by atoms with Crippen molar-refractivity contribution in [3.8, 4) is 0 Å². The van der Waals surface area contributed by atoms with Gasteiger partial charge in [-0.3, -0.25) is 4.21 Å². The fourth-order valence-corrected chi connectivity index (χ4v) is 3.34. The van der Waals surface area contributed by atoms with Gasteiger partial charge in [0.25, 0.3) is 0 Å². The summed E-state index contributed by atoms with van der Waals surface area (Å²) in [5.74, 6) is 0.523. The first kappa shape index (κ1) is 19.1. The second-order valence-corrected chi connectivity index (χ2v) is 9.79. The summed E-state index contributed by atoms with van der Waals surface area (Å²) in [6.07, 6.45) is 6.44. The van der Waals surface area contributed by atoms with E-state index in [-0.39, 0.29) is 11.5 Å². The molecule has 0 saturated heterocycles. The Morgan fingerprint density at radius 3 is 1.74 bits per heavy atom. The molecule has 0 aliphatic rings. The monoisotopic (exact) mass is 311 g/mol. The fourth-order valence-electron chi connectivity index (χ4n) is 1.70. The van der Waals surface area contributed by atoms with Gasteiger partial charge in [-0.2, -0.15) is 0 Å². The van der Waals surface area contributed by atoms with E-state index in [0.717, 1.165) is 44.9 Å². The Morgan fingerprint density at radius 2 is 1.32 bits per heavy atom. The van der Waals surface area contributed by atoms with Crippen LogP contribution in [0.4, 0.5) is 0 Å². The van der Waals surface area contributed by atoms with Crippen molar-refractivity contribution >= 4 is 20.9 Å². The van der Waals surface area contributed by atoms with Gasteiger partial charge in [0.05, 0.1) is 10.5 Å². The van der Waals surface area contributed by atoms with Crippen molar-refractivity contribution in [3.63, 3.8) is 0 Å². The van der Waals surface area contributed by atoms with E-state index in [1.807, 2.05) is 0 Å². The van der Waals surface area contributed by atoms with Crippen molar-refractivity contribution in [2.45, 2.75) is 70.5 Å². The van der Waals surface area contributed by atoms with E-state index in [2.05, 4.69) is 0 Å². The molecule has 0 spiro atoms. The molecule has 6 heteroatoms. The second-order valence-electron chi connectivity index (χ2n) is 5.91. The topological polar surface area (TPSA) is 74.3 Å². The van der Waals surface area contributed by atoms with Crippen LogP contribution in [0.25, 0.3) is 0 Å². The summed E-state index contributed by atoms with van der Waals surface area (Å²) in [4.78, 5) is 0. The van der Waals surface area contributed by atoms with Crippen molar-refractivity contribution in [2.75, 3.05) is 11.5 Å². The van der Waals surface area contributed by atoms with Crippen LogP contribution in [-0.2, 0) is 20.9 Å². The van der Waals surface area contributed by atoms with Gasteiger partial charge < -0.3 is 4.55 Å². The minimum Gasteiger partial charge on any atom is -0.772 e. The maximum Gasteiger partial charge on any atom is 0.155 e. The van der Waals surface area contributed by atoms with Crippen LogP contribution in [0.3, 0.4) is 0 Å². The lowest BCUT2D eigenvalue weighted by Gasteiger charge is -2.18. The lowest BCUT2D eigenvalue weighted by Crippen LogP contribution is -2.30. The SMILES string of the molecule is CC(C)(C)S(=O)(=O)CCCCCCCCCS(=O)[O-]. The van der Waals surface area contributed by atoms with E-state index in [1.54, 1.807) is 20.8 Å². The highest BCUT2D eigenvalue weighted by atomic mass is 32.2. The molecule has 0 radical (unpaired) electrons. The molecule has 1 atom stereocenters. The Bertz CT molecular complexity index is 355. The molecule has 0 aliphatic heterocycles. The Balaban J connectivity index is 3.49. The molecule has 0 bridgehead atoms. The van der Waals surface area contributed by atoms with Gasteiger partial charge in [-0.05, 0) is 33.6 Å². The smallest absolute Gasteiger partial charge is 0.155 e.